The molecule has 0 aliphatic rings. The Labute approximate surface area is 200 Å². The van der Waals surface area contributed by atoms with Crippen molar-refractivity contribution in [3.8, 4) is 5.75 Å². The summed E-state index contributed by atoms with van der Waals surface area (Å²) in [5, 5.41) is 8.86. The molecule has 0 fully saturated rings. The number of hydrogen-bond acceptors (Lipinski definition) is 4. The van der Waals surface area contributed by atoms with Gasteiger partial charge in [0.1, 0.15) is 5.75 Å². The Hall–Kier alpha value is 1.67. The SMILES string of the molecule is Cc1ccc(C(C)C(=O)O)c(OS(=O)(=O)O)c1.[H-].[H-].[K+].[K+]. The Balaban J connectivity index is -0.000000361. The van der Waals surface area contributed by atoms with E-state index >= 15 is 0 Å². The van der Waals surface area contributed by atoms with Crippen molar-refractivity contribution in [1.82, 2.24) is 0 Å². The van der Waals surface area contributed by atoms with Crippen molar-refractivity contribution in [2.24, 2.45) is 0 Å². The molecule has 2 N–H and O–H groups in total. The van der Waals surface area contributed by atoms with Crippen LogP contribution in [0, 0.1) is 6.92 Å². The Morgan fingerprint density at radius 3 is 2.32 bits per heavy atom. The van der Waals surface area contributed by atoms with Crippen molar-refractivity contribution in [3.05, 3.63) is 29.3 Å². The van der Waals surface area contributed by atoms with Gasteiger partial charge >= 0.3 is 119 Å². The van der Waals surface area contributed by atoms with E-state index in [9.17, 15) is 13.2 Å². The Kier molecular flexibility index (Phi) is 11.6. The normalized spacial score (nSPS) is 11.7. The van der Waals surface area contributed by atoms with Crippen LogP contribution in [0.2, 0.25) is 0 Å². The zero-order chi connectivity index (χ0) is 13.2. The maximum atomic E-state index is 10.8. The van der Waals surface area contributed by atoms with Crippen molar-refractivity contribution in [2.75, 3.05) is 0 Å². The summed E-state index contributed by atoms with van der Waals surface area (Å²) in [6, 6.07) is 4.43. The molecular formula is C10H14K2O6S. The molecule has 0 spiro atoms. The minimum absolute atomic E-state index is 0. The van der Waals surface area contributed by atoms with Crippen LogP contribution < -0.4 is 107 Å². The molecule has 0 saturated carbocycles. The fraction of sp³-hybridized carbons (Fsp3) is 0.300. The minimum atomic E-state index is -4.67. The maximum Gasteiger partial charge on any atom is 1.00 e. The molecular weight excluding hydrogens is 326 g/mol. The van der Waals surface area contributed by atoms with E-state index in [0.29, 0.717) is 5.56 Å². The van der Waals surface area contributed by atoms with Crippen molar-refractivity contribution in [2.45, 2.75) is 19.8 Å². The number of carboxylic acid groups (broad SMARTS) is 1. The van der Waals surface area contributed by atoms with Crippen LogP contribution in [0.5, 0.6) is 5.75 Å². The maximum absolute atomic E-state index is 10.8. The molecule has 0 radical (unpaired) electrons. The number of aryl methyl sites for hydroxylation is 1. The van der Waals surface area contributed by atoms with Gasteiger partial charge in [0.2, 0.25) is 0 Å². The van der Waals surface area contributed by atoms with Gasteiger partial charge in [0.15, 0.2) is 0 Å². The van der Waals surface area contributed by atoms with E-state index in [-0.39, 0.29) is 117 Å². The third-order valence-electron chi connectivity index (χ3n) is 2.20. The molecule has 0 aliphatic heterocycles. The molecule has 0 bridgehead atoms. The van der Waals surface area contributed by atoms with Gasteiger partial charge in [-0.15, -0.1) is 0 Å². The average Bonchev–Trinajstić information content (AvgIpc) is 2.14. The summed E-state index contributed by atoms with van der Waals surface area (Å²) in [5.41, 5.74) is 0.866. The predicted molar refractivity (Wildman–Crippen MR) is 61.6 cm³/mol. The molecule has 98 valence electrons. The van der Waals surface area contributed by atoms with Gasteiger partial charge in [-0.05, 0) is 25.5 Å². The fourth-order valence-electron chi connectivity index (χ4n) is 1.32. The summed E-state index contributed by atoms with van der Waals surface area (Å²) in [4.78, 5) is 10.8. The van der Waals surface area contributed by atoms with Gasteiger partial charge in [0, 0.05) is 5.56 Å². The number of rotatable bonds is 4. The third kappa shape index (κ3) is 8.02. The van der Waals surface area contributed by atoms with Gasteiger partial charge in [-0.25, -0.2) is 0 Å². The smallest absolute Gasteiger partial charge is 1.00 e. The summed E-state index contributed by atoms with van der Waals surface area (Å²) in [6.45, 7) is 3.08. The monoisotopic (exact) mass is 340 g/mol. The first-order valence-corrected chi connectivity index (χ1v) is 6.07. The van der Waals surface area contributed by atoms with Crippen LogP contribution >= 0.6 is 0 Å². The minimum Gasteiger partial charge on any atom is -1.00 e. The molecule has 1 rings (SSSR count). The van der Waals surface area contributed by atoms with Crippen molar-refractivity contribution >= 4 is 16.4 Å². The summed E-state index contributed by atoms with van der Waals surface area (Å²) < 4.78 is 34.2. The van der Waals surface area contributed by atoms with Crippen molar-refractivity contribution in [1.29, 1.82) is 0 Å². The largest absolute Gasteiger partial charge is 1.00 e. The molecule has 1 atom stereocenters. The van der Waals surface area contributed by atoms with Crippen LogP contribution in [-0.2, 0) is 15.2 Å². The quantitative estimate of drug-likeness (QED) is 0.424. The summed E-state index contributed by atoms with van der Waals surface area (Å²) in [5.74, 6) is -2.23. The van der Waals surface area contributed by atoms with Gasteiger partial charge in [-0.1, -0.05) is 12.1 Å². The fourth-order valence-corrected chi connectivity index (χ4v) is 1.69. The Morgan fingerprint density at radius 2 is 1.89 bits per heavy atom. The van der Waals surface area contributed by atoms with E-state index in [4.69, 9.17) is 9.66 Å². The number of carboxylic acids is 1. The molecule has 1 unspecified atom stereocenters. The predicted octanol–water partition coefficient (Wildman–Crippen LogP) is -4.40. The Bertz CT molecular complexity index is 552. The van der Waals surface area contributed by atoms with E-state index in [1.807, 2.05) is 0 Å². The molecule has 1 aromatic rings. The Morgan fingerprint density at radius 1 is 1.37 bits per heavy atom. The van der Waals surface area contributed by atoms with Gasteiger partial charge in [0.25, 0.3) is 0 Å². The number of carbonyl (C=O) groups is 1. The first-order valence-electron chi connectivity index (χ1n) is 4.71. The van der Waals surface area contributed by atoms with Crippen LogP contribution in [0.1, 0.15) is 26.8 Å². The molecule has 0 aliphatic carbocycles. The van der Waals surface area contributed by atoms with Gasteiger partial charge < -0.3 is 12.1 Å². The first-order chi connectivity index (χ1) is 7.70. The molecule has 19 heavy (non-hydrogen) atoms. The topological polar surface area (TPSA) is 101 Å². The van der Waals surface area contributed by atoms with E-state index < -0.39 is 22.3 Å². The van der Waals surface area contributed by atoms with Crippen LogP contribution in [0.15, 0.2) is 18.2 Å². The standard InChI is InChI=1S/C10H12O6S.2K.2H/c1-6-3-4-8(7(2)10(11)12)9(5-6)16-17(13,14)15;;;;/h3-5,7H,1-2H3,(H,11,12)(H,13,14,15);;;;/q;2*+1;2*-1. The molecule has 0 heterocycles. The van der Waals surface area contributed by atoms with Crippen LogP contribution in [0.25, 0.3) is 0 Å². The van der Waals surface area contributed by atoms with Crippen molar-refractivity contribution in [3.63, 3.8) is 0 Å². The number of aliphatic carboxylic acids is 1. The van der Waals surface area contributed by atoms with E-state index in [0.717, 1.165) is 0 Å². The van der Waals surface area contributed by atoms with Gasteiger partial charge in [-0.3, -0.25) is 9.35 Å². The third-order valence-corrected chi connectivity index (χ3v) is 2.59. The summed E-state index contributed by atoms with van der Waals surface area (Å²) in [6.07, 6.45) is 0. The van der Waals surface area contributed by atoms with Crippen LogP contribution in [-0.4, -0.2) is 24.0 Å². The van der Waals surface area contributed by atoms with E-state index in [1.165, 1.54) is 19.1 Å². The van der Waals surface area contributed by atoms with Gasteiger partial charge in [0.05, 0.1) is 5.92 Å². The zero-order valence-electron chi connectivity index (χ0n) is 13.2. The van der Waals surface area contributed by atoms with Crippen LogP contribution in [0.4, 0.5) is 0 Å². The molecule has 1 aromatic carbocycles. The second-order valence-corrected chi connectivity index (χ2v) is 4.63. The first kappa shape index (κ1) is 22.9. The van der Waals surface area contributed by atoms with Crippen LogP contribution in [0.3, 0.4) is 0 Å². The molecule has 0 aromatic heterocycles. The van der Waals surface area contributed by atoms with E-state index in [2.05, 4.69) is 4.18 Å². The second-order valence-electron chi connectivity index (χ2n) is 3.61. The molecule has 0 amide bonds. The molecule has 0 saturated heterocycles. The second kappa shape index (κ2) is 9.64. The summed E-state index contributed by atoms with van der Waals surface area (Å²) in [7, 11) is -4.67. The zero-order valence-corrected chi connectivity index (χ0v) is 18.3. The number of benzene rings is 1. The van der Waals surface area contributed by atoms with Crippen molar-refractivity contribution < 1.29 is 133 Å². The molecule has 9 heteroatoms. The van der Waals surface area contributed by atoms with E-state index in [1.54, 1.807) is 13.0 Å². The number of hydrogen-bond donors (Lipinski definition) is 2. The average molecular weight is 340 g/mol. The summed E-state index contributed by atoms with van der Waals surface area (Å²) >= 11 is 0. The molecule has 6 nitrogen and oxygen atoms in total. The van der Waals surface area contributed by atoms with Gasteiger partial charge in [-0.2, -0.15) is 8.42 Å².